The van der Waals surface area contributed by atoms with Gasteiger partial charge in [0.25, 0.3) is 0 Å². The van der Waals surface area contributed by atoms with Gasteiger partial charge in [-0.3, -0.25) is 4.90 Å². The molecule has 0 bridgehead atoms. The van der Waals surface area contributed by atoms with Crippen LogP contribution in [0.4, 0.5) is 0 Å². The first kappa shape index (κ1) is 13.7. The molecule has 0 aromatic heterocycles. The summed E-state index contributed by atoms with van der Waals surface area (Å²) in [5.41, 5.74) is 0. The van der Waals surface area contributed by atoms with E-state index in [1.807, 2.05) is 6.08 Å². The van der Waals surface area contributed by atoms with Gasteiger partial charge in [-0.1, -0.05) is 33.8 Å². The van der Waals surface area contributed by atoms with Crippen molar-refractivity contribution in [2.75, 3.05) is 18.8 Å². The molecule has 0 radical (unpaired) electrons. The van der Waals surface area contributed by atoms with Gasteiger partial charge in [-0.25, -0.2) is 8.42 Å². The van der Waals surface area contributed by atoms with Crippen LogP contribution in [0, 0.1) is 11.8 Å². The fraction of sp³-hybridized carbons (Fsp3) is 0.833. The summed E-state index contributed by atoms with van der Waals surface area (Å²) >= 11 is 0. The van der Waals surface area contributed by atoms with Crippen molar-refractivity contribution in [3.8, 4) is 0 Å². The third kappa shape index (κ3) is 4.26. The van der Waals surface area contributed by atoms with E-state index in [9.17, 15) is 8.42 Å². The highest BCUT2D eigenvalue weighted by Crippen LogP contribution is 2.17. The molecule has 4 heteroatoms. The predicted octanol–water partition coefficient (Wildman–Crippen LogP) is 1.91. The molecule has 0 saturated carbocycles. The monoisotopic (exact) mass is 245 g/mol. The minimum Gasteiger partial charge on any atom is -0.295 e. The Hall–Kier alpha value is -0.350. The van der Waals surface area contributed by atoms with Crippen LogP contribution in [0.5, 0.6) is 0 Å². The lowest BCUT2D eigenvalue weighted by Crippen LogP contribution is -2.40. The molecule has 0 N–H and O–H groups in total. The van der Waals surface area contributed by atoms with Crippen molar-refractivity contribution in [1.82, 2.24) is 4.90 Å². The molecule has 16 heavy (non-hydrogen) atoms. The number of nitrogens with zero attached hydrogens (tertiary/aromatic N) is 1. The highest BCUT2D eigenvalue weighted by atomic mass is 32.2. The zero-order valence-corrected chi connectivity index (χ0v) is 11.5. The zero-order valence-electron chi connectivity index (χ0n) is 10.7. The molecule has 1 atom stereocenters. The van der Waals surface area contributed by atoms with Crippen LogP contribution in [0.15, 0.2) is 11.5 Å². The number of hydrogen-bond donors (Lipinski definition) is 0. The summed E-state index contributed by atoms with van der Waals surface area (Å²) in [4.78, 5) is 2.29. The molecule has 3 nitrogen and oxygen atoms in total. The van der Waals surface area contributed by atoms with E-state index < -0.39 is 9.84 Å². The average molecular weight is 245 g/mol. The maximum absolute atomic E-state index is 11.4. The van der Waals surface area contributed by atoms with Crippen molar-refractivity contribution in [3.63, 3.8) is 0 Å². The van der Waals surface area contributed by atoms with Crippen LogP contribution in [0.25, 0.3) is 0 Å². The first-order chi connectivity index (χ1) is 7.30. The molecule has 1 heterocycles. The molecule has 1 rings (SSSR count). The molecule has 0 amide bonds. The fourth-order valence-corrected chi connectivity index (χ4v) is 3.40. The zero-order chi connectivity index (χ0) is 12.3. The molecular formula is C12H23NO2S. The van der Waals surface area contributed by atoms with Crippen LogP contribution >= 0.6 is 0 Å². The van der Waals surface area contributed by atoms with E-state index in [4.69, 9.17) is 0 Å². The Kier molecular flexibility index (Phi) is 4.56. The second-order valence-corrected chi connectivity index (χ2v) is 7.40. The van der Waals surface area contributed by atoms with Gasteiger partial charge in [0.1, 0.15) is 0 Å². The van der Waals surface area contributed by atoms with Crippen molar-refractivity contribution in [2.45, 2.75) is 33.7 Å². The van der Waals surface area contributed by atoms with Gasteiger partial charge in [-0.05, 0) is 11.8 Å². The maximum atomic E-state index is 11.4. The number of rotatable bonds is 5. The molecule has 0 aliphatic carbocycles. The van der Waals surface area contributed by atoms with Crippen molar-refractivity contribution in [3.05, 3.63) is 11.5 Å². The van der Waals surface area contributed by atoms with E-state index in [0.29, 0.717) is 11.8 Å². The first-order valence-electron chi connectivity index (χ1n) is 5.95. The van der Waals surface area contributed by atoms with Gasteiger partial charge in [-0.2, -0.15) is 0 Å². The van der Waals surface area contributed by atoms with Crippen LogP contribution < -0.4 is 0 Å². The third-order valence-corrected chi connectivity index (χ3v) is 3.96. The van der Waals surface area contributed by atoms with E-state index in [2.05, 4.69) is 32.6 Å². The van der Waals surface area contributed by atoms with Gasteiger partial charge in [0.15, 0.2) is 9.84 Å². The Balaban J connectivity index is 2.67. The van der Waals surface area contributed by atoms with Gasteiger partial charge in [-0.15, -0.1) is 0 Å². The summed E-state index contributed by atoms with van der Waals surface area (Å²) in [6, 6.07) is 0.0785. The highest BCUT2D eigenvalue weighted by molar-refractivity contribution is 7.94. The van der Waals surface area contributed by atoms with Crippen molar-refractivity contribution >= 4 is 9.84 Å². The molecule has 1 unspecified atom stereocenters. The minimum atomic E-state index is -2.93. The summed E-state index contributed by atoms with van der Waals surface area (Å²) in [5.74, 6) is 1.39. The Morgan fingerprint density at radius 1 is 1.19 bits per heavy atom. The highest BCUT2D eigenvalue weighted by Gasteiger charge is 2.27. The molecule has 0 saturated heterocycles. The van der Waals surface area contributed by atoms with E-state index >= 15 is 0 Å². The van der Waals surface area contributed by atoms with Gasteiger partial charge in [0, 0.05) is 24.5 Å². The van der Waals surface area contributed by atoms with Gasteiger partial charge >= 0.3 is 0 Å². The molecule has 94 valence electrons. The van der Waals surface area contributed by atoms with E-state index in [-0.39, 0.29) is 11.8 Å². The van der Waals surface area contributed by atoms with Crippen LogP contribution in [0.3, 0.4) is 0 Å². The van der Waals surface area contributed by atoms with Crippen LogP contribution in [-0.2, 0) is 9.84 Å². The Morgan fingerprint density at radius 3 is 2.00 bits per heavy atom. The molecule has 1 aliphatic heterocycles. The summed E-state index contributed by atoms with van der Waals surface area (Å²) in [5, 5.41) is 1.37. The molecule has 0 aromatic carbocycles. The van der Waals surface area contributed by atoms with Gasteiger partial charge in [0.05, 0.1) is 5.75 Å². The quantitative estimate of drug-likeness (QED) is 0.742. The molecule has 1 aliphatic rings. The Bertz CT molecular complexity index is 334. The largest absolute Gasteiger partial charge is 0.295 e. The van der Waals surface area contributed by atoms with Crippen LogP contribution in [-0.4, -0.2) is 38.2 Å². The first-order valence-corrected chi connectivity index (χ1v) is 7.66. The smallest absolute Gasteiger partial charge is 0.173 e. The SMILES string of the molecule is CC(C)CN(CC(C)C)C1C=CS(=O)(=O)C1. The summed E-state index contributed by atoms with van der Waals surface area (Å²) in [7, 11) is -2.93. The lowest BCUT2D eigenvalue weighted by Gasteiger charge is -2.30. The van der Waals surface area contributed by atoms with E-state index in [1.165, 1.54) is 5.41 Å². The Labute approximate surface area is 99.4 Å². The van der Waals surface area contributed by atoms with Crippen LogP contribution in [0.1, 0.15) is 27.7 Å². The summed E-state index contributed by atoms with van der Waals surface area (Å²) in [6.07, 6.45) is 1.83. The van der Waals surface area contributed by atoms with Gasteiger partial charge in [0.2, 0.25) is 0 Å². The van der Waals surface area contributed by atoms with Crippen molar-refractivity contribution in [1.29, 1.82) is 0 Å². The topological polar surface area (TPSA) is 37.4 Å². The third-order valence-electron chi connectivity index (χ3n) is 2.58. The molecule has 0 fully saturated rings. The normalized spacial score (nSPS) is 23.8. The predicted molar refractivity (Wildman–Crippen MR) is 68.0 cm³/mol. The molecule has 0 aromatic rings. The molecular weight excluding hydrogens is 222 g/mol. The lowest BCUT2D eigenvalue weighted by molar-refractivity contribution is 0.195. The second kappa shape index (κ2) is 5.32. The van der Waals surface area contributed by atoms with E-state index in [0.717, 1.165) is 13.1 Å². The summed E-state index contributed by atoms with van der Waals surface area (Å²) in [6.45, 7) is 10.6. The minimum absolute atomic E-state index is 0.0785. The van der Waals surface area contributed by atoms with Gasteiger partial charge < -0.3 is 0 Å². The Morgan fingerprint density at radius 2 is 1.69 bits per heavy atom. The number of hydrogen-bond acceptors (Lipinski definition) is 3. The lowest BCUT2D eigenvalue weighted by atomic mass is 10.1. The van der Waals surface area contributed by atoms with Crippen molar-refractivity contribution < 1.29 is 8.42 Å². The average Bonchev–Trinajstić information content (AvgIpc) is 2.43. The fourth-order valence-electron chi connectivity index (χ4n) is 2.07. The van der Waals surface area contributed by atoms with Crippen LogP contribution in [0.2, 0.25) is 0 Å². The maximum Gasteiger partial charge on any atom is 0.173 e. The standard InChI is InChI=1S/C12H23NO2S/c1-10(2)7-13(8-11(3)4)12-5-6-16(14,15)9-12/h5-6,10-12H,7-9H2,1-4H3. The molecule has 0 spiro atoms. The second-order valence-electron chi connectivity index (χ2n) is 5.47. The summed E-state index contributed by atoms with van der Waals surface area (Å²) < 4.78 is 22.8. The van der Waals surface area contributed by atoms with E-state index in [1.54, 1.807) is 0 Å². The number of sulfone groups is 1. The van der Waals surface area contributed by atoms with Crippen molar-refractivity contribution in [2.24, 2.45) is 11.8 Å².